The minimum absolute atomic E-state index is 0.00103. The topological polar surface area (TPSA) is 130 Å². The van der Waals surface area contributed by atoms with Gasteiger partial charge >= 0.3 is 6.01 Å². The summed E-state index contributed by atoms with van der Waals surface area (Å²) in [4.78, 5) is 16.9. The number of hydrogen-bond acceptors (Lipinski definition) is 10. The van der Waals surface area contributed by atoms with Crippen molar-refractivity contribution >= 4 is 60.6 Å². The Hall–Kier alpha value is -4.45. The summed E-state index contributed by atoms with van der Waals surface area (Å²) in [6.07, 6.45) is -0.662. The fraction of sp³-hybridized carbons (Fsp3) is 0.333. The third kappa shape index (κ3) is 5.91. The number of ether oxygens (including phenoxy) is 1. The molecule has 9 nitrogen and oxygen atoms in total. The fourth-order valence-corrected chi connectivity index (χ4v) is 7.59. The smallest absolute Gasteiger partial charge is 0.319 e. The summed E-state index contributed by atoms with van der Waals surface area (Å²) in [6, 6.07) is 8.86. The van der Waals surface area contributed by atoms with Crippen LogP contribution in [0.1, 0.15) is 30.5 Å². The maximum atomic E-state index is 16.9. The highest BCUT2D eigenvalue weighted by molar-refractivity contribution is 7.23. The summed E-state index contributed by atoms with van der Waals surface area (Å²) in [6.45, 7) is 2.65. The molecule has 6 rings (SSSR count). The zero-order valence-electron chi connectivity index (χ0n) is 26.1. The maximum absolute atomic E-state index is 16.9. The lowest BCUT2D eigenvalue weighted by Gasteiger charge is -2.36. The van der Waals surface area contributed by atoms with Gasteiger partial charge < -0.3 is 26.0 Å². The van der Waals surface area contributed by atoms with Crippen LogP contribution in [0.25, 0.3) is 32.1 Å². The molecule has 1 aliphatic heterocycles. The van der Waals surface area contributed by atoms with Gasteiger partial charge in [-0.25, -0.2) is 22.5 Å². The minimum atomic E-state index is -2.53. The molecule has 1 saturated heterocycles. The van der Waals surface area contributed by atoms with E-state index in [1.807, 2.05) is 24.9 Å². The average Bonchev–Trinajstić information content (AvgIpc) is 3.40. The molecule has 0 unspecified atom stereocenters. The first kappa shape index (κ1) is 33.5. The van der Waals surface area contributed by atoms with Gasteiger partial charge in [-0.05, 0) is 50.7 Å². The van der Waals surface area contributed by atoms with Gasteiger partial charge in [0.1, 0.15) is 34.0 Å². The van der Waals surface area contributed by atoms with Crippen LogP contribution in [0, 0.1) is 34.8 Å². The SMILES string of the molecule is C[C@H](c1cccnc1N)N(C)c1nc(OC[C@@H]2CN(C)CC[C@@H]2C(F)F)nc2c(F)c(-c3ccc(F)c4sc(N)c(C#N)c34)c(Cl)cc12. The Morgan fingerprint density at radius 2 is 2.00 bits per heavy atom. The number of likely N-dealkylation sites (tertiary alicyclic amines) is 1. The third-order valence-electron chi connectivity index (χ3n) is 9.02. The van der Waals surface area contributed by atoms with Crippen LogP contribution in [0.2, 0.25) is 5.02 Å². The van der Waals surface area contributed by atoms with E-state index in [4.69, 9.17) is 27.8 Å². The Morgan fingerprint density at radius 3 is 2.71 bits per heavy atom. The summed E-state index contributed by atoms with van der Waals surface area (Å²) in [5.74, 6) is -2.38. The lowest BCUT2D eigenvalue weighted by atomic mass is 9.86. The number of halogens is 5. The van der Waals surface area contributed by atoms with Crippen LogP contribution >= 0.6 is 22.9 Å². The van der Waals surface area contributed by atoms with Crippen LogP contribution in [-0.2, 0) is 0 Å². The molecule has 3 aromatic heterocycles. The number of nitrogens with zero attached hydrogens (tertiary/aromatic N) is 6. The van der Waals surface area contributed by atoms with Gasteiger partial charge in [-0.3, -0.25) is 0 Å². The summed E-state index contributed by atoms with van der Waals surface area (Å²) < 4.78 is 65.7. The van der Waals surface area contributed by atoms with Crippen molar-refractivity contribution in [2.45, 2.75) is 25.8 Å². The molecule has 0 amide bonds. The number of thiophene rings is 1. The molecule has 0 aliphatic carbocycles. The van der Waals surface area contributed by atoms with E-state index in [2.05, 4.69) is 15.0 Å². The number of pyridine rings is 1. The quantitative estimate of drug-likeness (QED) is 0.161. The second-order valence-electron chi connectivity index (χ2n) is 11.9. The molecule has 0 saturated carbocycles. The Morgan fingerprint density at radius 1 is 1.23 bits per heavy atom. The Kier molecular flexibility index (Phi) is 9.21. The normalized spacial score (nSPS) is 17.6. The van der Waals surface area contributed by atoms with Crippen molar-refractivity contribution in [3.63, 3.8) is 0 Å². The van der Waals surface area contributed by atoms with Crippen molar-refractivity contribution < 1.29 is 22.3 Å². The van der Waals surface area contributed by atoms with E-state index in [9.17, 15) is 18.4 Å². The van der Waals surface area contributed by atoms with Crippen LogP contribution in [-0.4, -0.2) is 60.1 Å². The number of nitrogens with two attached hydrogens (primary N) is 2. The first-order valence-corrected chi connectivity index (χ1v) is 16.2. The number of anilines is 3. The second kappa shape index (κ2) is 13.2. The molecule has 5 aromatic rings. The summed E-state index contributed by atoms with van der Waals surface area (Å²) in [5.41, 5.74) is 12.7. The van der Waals surface area contributed by atoms with E-state index in [0.717, 1.165) is 17.4 Å². The van der Waals surface area contributed by atoms with Crippen molar-refractivity contribution in [1.29, 1.82) is 5.26 Å². The van der Waals surface area contributed by atoms with Crippen LogP contribution in [0.3, 0.4) is 0 Å². The fourth-order valence-electron chi connectivity index (χ4n) is 6.35. The number of nitriles is 1. The number of fused-ring (bicyclic) bond motifs is 2. The zero-order valence-corrected chi connectivity index (χ0v) is 27.7. The summed E-state index contributed by atoms with van der Waals surface area (Å²) in [7, 11) is 3.58. The number of rotatable bonds is 8. The predicted octanol–water partition coefficient (Wildman–Crippen LogP) is 7.28. The molecular weight excluding hydrogens is 668 g/mol. The van der Waals surface area contributed by atoms with Crippen LogP contribution < -0.4 is 21.1 Å². The van der Waals surface area contributed by atoms with Gasteiger partial charge in [0.2, 0.25) is 6.43 Å². The number of benzene rings is 2. The largest absolute Gasteiger partial charge is 0.463 e. The first-order chi connectivity index (χ1) is 22.9. The minimum Gasteiger partial charge on any atom is -0.463 e. The van der Waals surface area contributed by atoms with Crippen LogP contribution in [0.4, 0.5) is 34.2 Å². The van der Waals surface area contributed by atoms with Gasteiger partial charge in [0.15, 0.2) is 5.82 Å². The van der Waals surface area contributed by atoms with Gasteiger partial charge in [0, 0.05) is 53.5 Å². The van der Waals surface area contributed by atoms with E-state index < -0.39 is 35.9 Å². The molecule has 4 heterocycles. The van der Waals surface area contributed by atoms with Gasteiger partial charge in [-0.1, -0.05) is 23.7 Å². The molecule has 0 bridgehead atoms. The number of hydrogen-bond donors (Lipinski definition) is 2. The molecule has 15 heteroatoms. The molecule has 4 N–H and O–H groups in total. The molecule has 0 spiro atoms. The second-order valence-corrected chi connectivity index (χ2v) is 13.4. The molecular formula is C33H31ClF4N8OS. The predicted molar refractivity (Wildman–Crippen MR) is 180 cm³/mol. The van der Waals surface area contributed by atoms with Gasteiger partial charge in [0.05, 0.1) is 27.9 Å². The summed E-state index contributed by atoms with van der Waals surface area (Å²) in [5, 5.41) is 10.2. The highest BCUT2D eigenvalue weighted by Gasteiger charge is 2.35. The standard InChI is InChI=1S/C33H31ClF4N8OS/c1-15(17-5-4-9-42-30(17)40)46(3)32-20-11-22(34)25(19-6-7-23(35)28-24(19)21(12-39)31(41)48-28)26(36)27(20)43-33(44-32)47-14-16-13-45(2)10-8-18(16)29(37)38/h4-7,9,11,15-16,18,29H,8,10,13-14,41H2,1-3H3,(H2,40,42)/t15-,16+,18+/m1/s1. The maximum Gasteiger partial charge on any atom is 0.319 e. The number of alkyl halides is 2. The molecule has 1 aliphatic rings. The van der Waals surface area contributed by atoms with Crippen molar-refractivity contribution in [3.05, 3.63) is 64.3 Å². The van der Waals surface area contributed by atoms with E-state index in [0.29, 0.717) is 30.9 Å². The van der Waals surface area contributed by atoms with Gasteiger partial charge in [-0.15, -0.1) is 11.3 Å². The number of aromatic nitrogens is 3. The van der Waals surface area contributed by atoms with Gasteiger partial charge in [-0.2, -0.15) is 15.2 Å². The van der Waals surface area contributed by atoms with Crippen molar-refractivity contribution in [1.82, 2.24) is 19.9 Å². The van der Waals surface area contributed by atoms with E-state index >= 15 is 4.39 Å². The molecule has 3 atom stereocenters. The summed E-state index contributed by atoms with van der Waals surface area (Å²) >= 11 is 7.67. The van der Waals surface area contributed by atoms with Crippen molar-refractivity contribution in [2.75, 3.05) is 50.2 Å². The van der Waals surface area contributed by atoms with Crippen LogP contribution in [0.5, 0.6) is 6.01 Å². The third-order valence-corrected chi connectivity index (χ3v) is 10.3. The molecule has 0 radical (unpaired) electrons. The lowest BCUT2D eigenvalue weighted by Crippen LogP contribution is -2.43. The Balaban J connectivity index is 1.53. The van der Waals surface area contributed by atoms with Crippen molar-refractivity contribution in [3.8, 4) is 23.2 Å². The lowest BCUT2D eigenvalue weighted by molar-refractivity contribution is -0.0142. The number of nitrogen functional groups attached to an aromatic ring is 2. The van der Waals surface area contributed by atoms with E-state index in [1.165, 1.54) is 12.1 Å². The average molecular weight is 699 g/mol. The van der Waals surface area contributed by atoms with E-state index in [-0.39, 0.29) is 66.1 Å². The molecule has 1 fully saturated rings. The molecule has 48 heavy (non-hydrogen) atoms. The molecule has 250 valence electrons. The highest BCUT2D eigenvalue weighted by Crippen LogP contribution is 2.46. The monoisotopic (exact) mass is 698 g/mol. The number of piperidine rings is 1. The molecule has 2 aromatic carbocycles. The van der Waals surface area contributed by atoms with E-state index in [1.54, 1.807) is 30.3 Å². The van der Waals surface area contributed by atoms with Gasteiger partial charge in [0.25, 0.3) is 0 Å². The highest BCUT2D eigenvalue weighted by atomic mass is 35.5. The zero-order chi connectivity index (χ0) is 34.4. The first-order valence-electron chi connectivity index (χ1n) is 15.0. The van der Waals surface area contributed by atoms with Crippen LogP contribution in [0.15, 0.2) is 36.5 Å². The Bertz CT molecular complexity index is 2070. The van der Waals surface area contributed by atoms with Crippen molar-refractivity contribution in [2.24, 2.45) is 11.8 Å². The Labute approximate surface area is 282 Å².